The van der Waals surface area contributed by atoms with Crippen molar-refractivity contribution in [3.8, 4) is 0 Å². The highest BCUT2D eigenvalue weighted by molar-refractivity contribution is 5.23. The van der Waals surface area contributed by atoms with Crippen molar-refractivity contribution < 1.29 is 4.39 Å². The first-order chi connectivity index (χ1) is 8.56. The molecule has 1 aliphatic carbocycles. The second-order valence-corrected chi connectivity index (χ2v) is 5.97. The Morgan fingerprint density at radius 3 is 2.72 bits per heavy atom. The Labute approximate surface area is 110 Å². The van der Waals surface area contributed by atoms with Gasteiger partial charge < -0.3 is 5.32 Å². The van der Waals surface area contributed by atoms with E-state index in [2.05, 4.69) is 19.2 Å². The van der Waals surface area contributed by atoms with E-state index in [0.29, 0.717) is 6.04 Å². The monoisotopic (exact) mass is 249 g/mol. The molecule has 2 heteroatoms. The summed E-state index contributed by atoms with van der Waals surface area (Å²) < 4.78 is 13.4. The number of hydrogen-bond donors (Lipinski definition) is 1. The average molecular weight is 249 g/mol. The smallest absolute Gasteiger partial charge is 0.126 e. The third-order valence-corrected chi connectivity index (χ3v) is 4.24. The molecule has 100 valence electrons. The molecule has 0 saturated heterocycles. The summed E-state index contributed by atoms with van der Waals surface area (Å²) in [5.41, 5.74) is 1.77. The zero-order valence-corrected chi connectivity index (χ0v) is 11.7. The van der Waals surface area contributed by atoms with Crippen LogP contribution in [0.25, 0.3) is 0 Å². The maximum atomic E-state index is 13.4. The Morgan fingerprint density at radius 2 is 2.06 bits per heavy atom. The Kier molecular flexibility index (Phi) is 4.39. The quantitative estimate of drug-likeness (QED) is 0.852. The van der Waals surface area contributed by atoms with Crippen LogP contribution in [0.5, 0.6) is 0 Å². The predicted octanol–water partition coefficient (Wildman–Crippen LogP) is 4.05. The highest BCUT2D eigenvalue weighted by atomic mass is 19.1. The van der Waals surface area contributed by atoms with Gasteiger partial charge >= 0.3 is 0 Å². The summed E-state index contributed by atoms with van der Waals surface area (Å²) in [5.74, 6) is 1.48. The fourth-order valence-corrected chi connectivity index (χ4v) is 2.96. The largest absolute Gasteiger partial charge is 0.310 e. The number of hydrogen-bond acceptors (Lipinski definition) is 1. The second kappa shape index (κ2) is 5.83. The summed E-state index contributed by atoms with van der Waals surface area (Å²) in [5, 5.41) is 3.59. The van der Waals surface area contributed by atoms with Crippen LogP contribution in [0.3, 0.4) is 0 Å². The van der Waals surface area contributed by atoms with Gasteiger partial charge in [0.25, 0.3) is 0 Å². The van der Waals surface area contributed by atoms with Crippen molar-refractivity contribution in [1.82, 2.24) is 5.32 Å². The average Bonchev–Trinajstić information content (AvgIpc) is 2.32. The summed E-state index contributed by atoms with van der Waals surface area (Å²) >= 11 is 0. The number of halogens is 1. The number of aryl methyl sites for hydroxylation is 1. The van der Waals surface area contributed by atoms with Gasteiger partial charge in [-0.05, 0) is 55.2 Å². The molecular weight excluding hydrogens is 225 g/mol. The van der Waals surface area contributed by atoms with Crippen molar-refractivity contribution >= 4 is 0 Å². The molecule has 0 amide bonds. The first-order valence-corrected chi connectivity index (χ1v) is 7.04. The summed E-state index contributed by atoms with van der Waals surface area (Å²) in [4.78, 5) is 0. The molecule has 3 atom stereocenters. The maximum Gasteiger partial charge on any atom is 0.126 e. The van der Waals surface area contributed by atoms with Crippen molar-refractivity contribution in [2.75, 3.05) is 0 Å². The van der Waals surface area contributed by atoms with Crippen LogP contribution in [0.2, 0.25) is 0 Å². The molecule has 0 spiro atoms. The third kappa shape index (κ3) is 3.32. The van der Waals surface area contributed by atoms with Gasteiger partial charge in [-0.1, -0.05) is 26.0 Å². The van der Waals surface area contributed by atoms with E-state index in [1.165, 1.54) is 19.3 Å². The Morgan fingerprint density at radius 1 is 1.28 bits per heavy atom. The van der Waals surface area contributed by atoms with E-state index in [1.807, 2.05) is 12.1 Å². The second-order valence-electron chi connectivity index (χ2n) is 5.97. The molecule has 0 aromatic heterocycles. The topological polar surface area (TPSA) is 12.0 Å². The van der Waals surface area contributed by atoms with Gasteiger partial charge in [0.1, 0.15) is 5.82 Å². The van der Waals surface area contributed by atoms with Gasteiger partial charge in [-0.3, -0.25) is 0 Å². The summed E-state index contributed by atoms with van der Waals surface area (Å²) in [6, 6.07) is 6.11. The zero-order chi connectivity index (χ0) is 13.1. The molecule has 0 radical (unpaired) electrons. The highest BCUT2D eigenvalue weighted by Crippen LogP contribution is 2.28. The summed E-state index contributed by atoms with van der Waals surface area (Å²) in [6.45, 7) is 7.24. The molecule has 1 saturated carbocycles. The number of benzene rings is 1. The third-order valence-electron chi connectivity index (χ3n) is 4.24. The van der Waals surface area contributed by atoms with Crippen molar-refractivity contribution in [2.45, 2.75) is 52.6 Å². The van der Waals surface area contributed by atoms with Crippen LogP contribution in [-0.2, 0) is 6.54 Å². The Bertz CT molecular complexity index is 402. The van der Waals surface area contributed by atoms with E-state index < -0.39 is 0 Å². The maximum absolute atomic E-state index is 13.4. The predicted molar refractivity (Wildman–Crippen MR) is 73.9 cm³/mol. The fourth-order valence-electron chi connectivity index (χ4n) is 2.96. The number of rotatable bonds is 3. The standard InChI is InChI=1S/C16H24FN/c1-11-4-7-16(13(3)8-11)18-10-14-6-5-12(2)15(17)9-14/h5-6,9,11,13,16,18H,4,7-8,10H2,1-3H3. The van der Waals surface area contributed by atoms with E-state index in [1.54, 1.807) is 13.0 Å². The van der Waals surface area contributed by atoms with Crippen LogP contribution in [0.1, 0.15) is 44.2 Å². The lowest BCUT2D eigenvalue weighted by atomic mass is 9.80. The van der Waals surface area contributed by atoms with E-state index >= 15 is 0 Å². The minimum absolute atomic E-state index is 0.0976. The van der Waals surface area contributed by atoms with Crippen LogP contribution in [-0.4, -0.2) is 6.04 Å². The van der Waals surface area contributed by atoms with E-state index in [-0.39, 0.29) is 5.82 Å². The van der Waals surface area contributed by atoms with Gasteiger partial charge in [-0.2, -0.15) is 0 Å². The molecule has 1 aromatic carbocycles. The molecule has 1 aliphatic rings. The highest BCUT2D eigenvalue weighted by Gasteiger charge is 2.24. The molecule has 0 aliphatic heterocycles. The molecule has 0 bridgehead atoms. The molecule has 0 heterocycles. The molecule has 1 N–H and O–H groups in total. The lowest BCUT2D eigenvalue weighted by molar-refractivity contribution is 0.227. The minimum atomic E-state index is -0.0976. The van der Waals surface area contributed by atoms with Crippen molar-refractivity contribution in [2.24, 2.45) is 11.8 Å². The molecule has 3 unspecified atom stereocenters. The van der Waals surface area contributed by atoms with Crippen LogP contribution in [0.4, 0.5) is 4.39 Å². The molecule has 2 rings (SSSR count). The van der Waals surface area contributed by atoms with E-state index in [0.717, 1.165) is 29.5 Å². The van der Waals surface area contributed by atoms with Crippen molar-refractivity contribution in [3.05, 3.63) is 35.1 Å². The normalized spacial score (nSPS) is 28.3. The lowest BCUT2D eigenvalue weighted by Gasteiger charge is -2.33. The van der Waals surface area contributed by atoms with Crippen LogP contribution in [0.15, 0.2) is 18.2 Å². The summed E-state index contributed by atoms with van der Waals surface area (Å²) in [7, 11) is 0. The van der Waals surface area contributed by atoms with Crippen LogP contribution in [0, 0.1) is 24.6 Å². The van der Waals surface area contributed by atoms with Gasteiger partial charge in [0.2, 0.25) is 0 Å². The van der Waals surface area contributed by atoms with Crippen LogP contribution < -0.4 is 5.32 Å². The molecule has 1 fully saturated rings. The van der Waals surface area contributed by atoms with Gasteiger partial charge in [0, 0.05) is 12.6 Å². The van der Waals surface area contributed by atoms with Crippen LogP contribution >= 0.6 is 0 Å². The Balaban J connectivity index is 1.89. The molecule has 18 heavy (non-hydrogen) atoms. The van der Waals surface area contributed by atoms with Gasteiger partial charge in [-0.25, -0.2) is 4.39 Å². The van der Waals surface area contributed by atoms with E-state index in [9.17, 15) is 4.39 Å². The first kappa shape index (κ1) is 13.5. The lowest BCUT2D eigenvalue weighted by Crippen LogP contribution is -2.38. The van der Waals surface area contributed by atoms with Gasteiger partial charge in [0.15, 0.2) is 0 Å². The van der Waals surface area contributed by atoms with Crippen molar-refractivity contribution in [3.63, 3.8) is 0 Å². The molecule has 1 aromatic rings. The first-order valence-electron chi connectivity index (χ1n) is 7.04. The minimum Gasteiger partial charge on any atom is -0.310 e. The number of nitrogens with one attached hydrogen (secondary N) is 1. The molecule has 1 nitrogen and oxygen atoms in total. The fraction of sp³-hybridized carbons (Fsp3) is 0.625. The van der Waals surface area contributed by atoms with E-state index in [4.69, 9.17) is 0 Å². The Hall–Kier alpha value is -0.890. The summed E-state index contributed by atoms with van der Waals surface area (Å²) in [6.07, 6.45) is 3.86. The van der Waals surface area contributed by atoms with Gasteiger partial charge in [-0.15, -0.1) is 0 Å². The van der Waals surface area contributed by atoms with Crippen molar-refractivity contribution in [1.29, 1.82) is 0 Å². The zero-order valence-electron chi connectivity index (χ0n) is 11.7. The van der Waals surface area contributed by atoms with Gasteiger partial charge in [0.05, 0.1) is 0 Å². The SMILES string of the molecule is Cc1ccc(CNC2CCC(C)CC2C)cc1F. The molecular formula is C16H24FN.